The molecule has 0 aromatic heterocycles. The summed E-state index contributed by atoms with van der Waals surface area (Å²) >= 11 is 1.75. The Morgan fingerprint density at radius 2 is 2.29 bits per heavy atom. The largest absolute Gasteiger partial charge is 0.384 e. The van der Waals surface area contributed by atoms with Crippen LogP contribution in [0.15, 0.2) is 18.2 Å². The molecule has 76 valence electrons. The highest BCUT2D eigenvalue weighted by Gasteiger charge is 2.34. The van der Waals surface area contributed by atoms with Gasteiger partial charge in [-0.3, -0.25) is 0 Å². The highest BCUT2D eigenvalue weighted by molar-refractivity contribution is 7.99. The van der Waals surface area contributed by atoms with Gasteiger partial charge in [0.2, 0.25) is 0 Å². The van der Waals surface area contributed by atoms with E-state index in [-0.39, 0.29) is 5.82 Å². The molecule has 3 heteroatoms. The van der Waals surface area contributed by atoms with Crippen molar-refractivity contribution in [1.29, 1.82) is 0 Å². The summed E-state index contributed by atoms with van der Waals surface area (Å²) in [6.45, 7) is 1.85. The van der Waals surface area contributed by atoms with Crippen LogP contribution in [-0.2, 0) is 5.60 Å². The van der Waals surface area contributed by atoms with Crippen molar-refractivity contribution in [3.8, 4) is 0 Å². The number of halogens is 1. The molecule has 1 unspecified atom stereocenters. The summed E-state index contributed by atoms with van der Waals surface area (Å²) in [4.78, 5) is 0. The van der Waals surface area contributed by atoms with Gasteiger partial charge in [-0.2, -0.15) is 11.8 Å². The molecular formula is C11H13FOS. The van der Waals surface area contributed by atoms with E-state index in [0.717, 1.165) is 29.1 Å². The fraction of sp³-hybridized carbons (Fsp3) is 0.455. The first-order chi connectivity index (χ1) is 6.62. The minimum Gasteiger partial charge on any atom is -0.384 e. The number of thioether (sulfide) groups is 1. The fourth-order valence-electron chi connectivity index (χ4n) is 1.92. The zero-order valence-corrected chi connectivity index (χ0v) is 8.90. The van der Waals surface area contributed by atoms with E-state index < -0.39 is 5.60 Å². The maximum atomic E-state index is 12.9. The Bertz CT molecular complexity index is 345. The molecule has 2 rings (SSSR count). The Kier molecular flexibility index (Phi) is 2.54. The third-order valence-corrected chi connectivity index (χ3v) is 3.87. The van der Waals surface area contributed by atoms with E-state index in [2.05, 4.69) is 0 Å². The van der Waals surface area contributed by atoms with E-state index in [0.29, 0.717) is 0 Å². The molecule has 0 spiro atoms. The van der Waals surface area contributed by atoms with Crippen LogP contribution in [0.2, 0.25) is 0 Å². The fourth-order valence-corrected chi connectivity index (χ4v) is 3.18. The molecule has 1 saturated heterocycles. The summed E-state index contributed by atoms with van der Waals surface area (Å²) in [7, 11) is 0. The molecule has 0 bridgehead atoms. The predicted octanol–water partition coefficient (Wildman–Crippen LogP) is 2.46. The topological polar surface area (TPSA) is 20.2 Å². The van der Waals surface area contributed by atoms with Crippen molar-refractivity contribution in [2.45, 2.75) is 18.9 Å². The molecule has 1 aliphatic heterocycles. The zero-order valence-electron chi connectivity index (χ0n) is 8.09. The van der Waals surface area contributed by atoms with Gasteiger partial charge in [0.05, 0.1) is 5.60 Å². The maximum Gasteiger partial charge on any atom is 0.123 e. The average molecular weight is 212 g/mol. The van der Waals surface area contributed by atoms with E-state index in [9.17, 15) is 9.50 Å². The second-order valence-electron chi connectivity index (χ2n) is 3.79. The van der Waals surface area contributed by atoms with E-state index in [1.54, 1.807) is 17.8 Å². The SMILES string of the molecule is Cc1cc(F)ccc1C1(O)CCSC1. The summed E-state index contributed by atoms with van der Waals surface area (Å²) in [6, 6.07) is 4.61. The first-order valence-corrected chi connectivity index (χ1v) is 5.84. The van der Waals surface area contributed by atoms with Crippen LogP contribution in [0.4, 0.5) is 4.39 Å². The van der Waals surface area contributed by atoms with E-state index in [1.807, 2.05) is 6.92 Å². The van der Waals surface area contributed by atoms with Gasteiger partial charge in [0, 0.05) is 5.75 Å². The van der Waals surface area contributed by atoms with Crippen LogP contribution in [-0.4, -0.2) is 16.6 Å². The standard InChI is InChI=1S/C11H13FOS/c1-8-6-9(12)2-3-10(8)11(13)4-5-14-7-11/h2-3,6,13H,4-5,7H2,1H3. The molecule has 0 radical (unpaired) electrons. The van der Waals surface area contributed by atoms with Crippen molar-refractivity contribution >= 4 is 11.8 Å². The highest BCUT2D eigenvalue weighted by atomic mass is 32.2. The number of aryl methyl sites for hydroxylation is 1. The van der Waals surface area contributed by atoms with Crippen LogP contribution in [0.5, 0.6) is 0 Å². The Morgan fingerprint density at radius 3 is 2.86 bits per heavy atom. The lowest BCUT2D eigenvalue weighted by atomic mass is 9.90. The molecule has 1 aromatic rings. The summed E-state index contributed by atoms with van der Waals surface area (Å²) in [5.74, 6) is 1.47. The predicted molar refractivity (Wildman–Crippen MR) is 57.0 cm³/mol. The highest BCUT2D eigenvalue weighted by Crippen LogP contribution is 2.38. The number of aliphatic hydroxyl groups is 1. The van der Waals surface area contributed by atoms with E-state index in [1.165, 1.54) is 12.1 Å². The van der Waals surface area contributed by atoms with Gasteiger partial charge < -0.3 is 5.11 Å². The molecule has 0 aliphatic carbocycles. The Morgan fingerprint density at radius 1 is 1.50 bits per heavy atom. The van der Waals surface area contributed by atoms with Gasteiger partial charge in [-0.25, -0.2) is 4.39 Å². The second kappa shape index (κ2) is 3.55. The van der Waals surface area contributed by atoms with Crippen LogP contribution in [0.1, 0.15) is 17.5 Å². The molecule has 1 N–H and O–H groups in total. The molecule has 1 aromatic carbocycles. The molecule has 0 saturated carbocycles. The number of hydrogen-bond donors (Lipinski definition) is 1. The van der Waals surface area contributed by atoms with Crippen molar-refractivity contribution in [2.75, 3.05) is 11.5 Å². The lowest BCUT2D eigenvalue weighted by Gasteiger charge is -2.23. The van der Waals surface area contributed by atoms with E-state index in [4.69, 9.17) is 0 Å². The monoisotopic (exact) mass is 212 g/mol. The summed E-state index contributed by atoms with van der Waals surface area (Å²) in [5, 5.41) is 10.3. The van der Waals surface area contributed by atoms with Crippen LogP contribution in [0, 0.1) is 12.7 Å². The number of rotatable bonds is 1. The van der Waals surface area contributed by atoms with Crippen molar-refractivity contribution in [2.24, 2.45) is 0 Å². The minimum atomic E-state index is -0.734. The first-order valence-electron chi connectivity index (χ1n) is 4.69. The quantitative estimate of drug-likeness (QED) is 0.771. The normalized spacial score (nSPS) is 26.8. The minimum absolute atomic E-state index is 0.236. The van der Waals surface area contributed by atoms with Crippen LogP contribution in [0.25, 0.3) is 0 Å². The van der Waals surface area contributed by atoms with Crippen molar-refractivity contribution in [1.82, 2.24) is 0 Å². The first kappa shape index (κ1) is 9.99. The molecule has 1 aliphatic rings. The summed E-state index contributed by atoms with van der Waals surface area (Å²) in [6.07, 6.45) is 0.768. The second-order valence-corrected chi connectivity index (χ2v) is 4.90. The van der Waals surface area contributed by atoms with Crippen LogP contribution in [0.3, 0.4) is 0 Å². The molecule has 1 atom stereocenters. The van der Waals surface area contributed by atoms with Crippen molar-refractivity contribution in [3.63, 3.8) is 0 Å². The third kappa shape index (κ3) is 1.66. The molecule has 0 amide bonds. The smallest absolute Gasteiger partial charge is 0.123 e. The molecule has 1 heterocycles. The van der Waals surface area contributed by atoms with E-state index >= 15 is 0 Å². The van der Waals surface area contributed by atoms with Gasteiger partial charge in [-0.1, -0.05) is 6.07 Å². The summed E-state index contributed by atoms with van der Waals surface area (Å²) in [5.41, 5.74) is 0.988. The molecule has 1 fully saturated rings. The van der Waals surface area contributed by atoms with Crippen molar-refractivity contribution < 1.29 is 9.50 Å². The molecule has 14 heavy (non-hydrogen) atoms. The Hall–Kier alpha value is -0.540. The van der Waals surface area contributed by atoms with Gasteiger partial charge in [0.1, 0.15) is 5.82 Å². The zero-order chi connectivity index (χ0) is 10.2. The van der Waals surface area contributed by atoms with Gasteiger partial charge in [-0.15, -0.1) is 0 Å². The Balaban J connectivity index is 2.40. The lowest BCUT2D eigenvalue weighted by molar-refractivity contribution is 0.0650. The van der Waals surface area contributed by atoms with Crippen LogP contribution < -0.4 is 0 Å². The van der Waals surface area contributed by atoms with Gasteiger partial charge >= 0.3 is 0 Å². The van der Waals surface area contributed by atoms with Gasteiger partial charge in [0.15, 0.2) is 0 Å². The van der Waals surface area contributed by atoms with Gasteiger partial charge in [-0.05, 0) is 42.4 Å². The number of hydrogen-bond acceptors (Lipinski definition) is 2. The molecular weight excluding hydrogens is 199 g/mol. The third-order valence-electron chi connectivity index (χ3n) is 2.69. The summed E-state index contributed by atoms with van der Waals surface area (Å²) < 4.78 is 12.9. The Labute approximate surface area is 87.3 Å². The van der Waals surface area contributed by atoms with Crippen LogP contribution >= 0.6 is 11.8 Å². The maximum absolute atomic E-state index is 12.9. The van der Waals surface area contributed by atoms with Gasteiger partial charge in [0.25, 0.3) is 0 Å². The van der Waals surface area contributed by atoms with Crippen molar-refractivity contribution in [3.05, 3.63) is 35.1 Å². The lowest BCUT2D eigenvalue weighted by Crippen LogP contribution is -2.25. The number of benzene rings is 1. The molecule has 1 nitrogen and oxygen atoms in total. The average Bonchev–Trinajstić information content (AvgIpc) is 2.52.